The molecule has 1 aliphatic rings. The van der Waals surface area contributed by atoms with E-state index in [1.807, 2.05) is 17.7 Å². The van der Waals surface area contributed by atoms with Gasteiger partial charge in [0.1, 0.15) is 11.5 Å². The van der Waals surface area contributed by atoms with Gasteiger partial charge in [-0.25, -0.2) is 4.98 Å². The van der Waals surface area contributed by atoms with E-state index >= 15 is 0 Å². The van der Waals surface area contributed by atoms with Crippen molar-refractivity contribution in [3.8, 4) is 11.5 Å². The Hall–Kier alpha value is -2.54. The van der Waals surface area contributed by atoms with Crippen molar-refractivity contribution in [2.24, 2.45) is 0 Å². The molecule has 7 nitrogen and oxygen atoms in total. The molecule has 1 atom stereocenters. The fraction of sp³-hybridized carbons (Fsp3) is 0.524. The van der Waals surface area contributed by atoms with Crippen LogP contribution in [0, 0.1) is 6.92 Å². The SMILES string of the molecule is COCc1cc2nc(-c3cc(C4CCC(=O)C4)nn3C(C)(C)C)[nH]c2c(C)n1. The number of hydrogen-bond donors (Lipinski definition) is 1. The number of carbonyl (C=O) groups excluding carboxylic acids is 1. The molecule has 0 aromatic carbocycles. The van der Waals surface area contributed by atoms with Crippen LogP contribution in [0.1, 0.15) is 63.0 Å². The number of pyridine rings is 1. The maximum Gasteiger partial charge on any atom is 0.156 e. The fourth-order valence-electron chi connectivity index (χ4n) is 3.92. The van der Waals surface area contributed by atoms with Crippen LogP contribution in [0.4, 0.5) is 0 Å². The van der Waals surface area contributed by atoms with E-state index in [9.17, 15) is 4.79 Å². The van der Waals surface area contributed by atoms with Crippen LogP contribution in [0.5, 0.6) is 0 Å². The Morgan fingerprint density at radius 2 is 2.07 bits per heavy atom. The summed E-state index contributed by atoms with van der Waals surface area (Å²) < 4.78 is 7.23. The molecule has 0 bridgehead atoms. The van der Waals surface area contributed by atoms with Gasteiger partial charge in [0.25, 0.3) is 0 Å². The third kappa shape index (κ3) is 3.35. The van der Waals surface area contributed by atoms with Gasteiger partial charge in [-0.15, -0.1) is 0 Å². The number of ketones is 1. The van der Waals surface area contributed by atoms with E-state index in [1.165, 1.54) is 0 Å². The normalized spacial score (nSPS) is 17.8. The van der Waals surface area contributed by atoms with Crippen LogP contribution in [0.25, 0.3) is 22.6 Å². The molecule has 148 valence electrons. The molecule has 1 N–H and O–H groups in total. The van der Waals surface area contributed by atoms with Crippen LogP contribution >= 0.6 is 0 Å². The van der Waals surface area contributed by atoms with Gasteiger partial charge in [-0.3, -0.25) is 14.5 Å². The summed E-state index contributed by atoms with van der Waals surface area (Å²) >= 11 is 0. The minimum atomic E-state index is -0.205. The first-order chi connectivity index (χ1) is 13.3. The average molecular weight is 381 g/mol. The highest BCUT2D eigenvalue weighted by molar-refractivity contribution is 5.82. The van der Waals surface area contributed by atoms with Crippen LogP contribution in [-0.2, 0) is 21.7 Å². The second-order valence-electron chi connectivity index (χ2n) is 8.63. The van der Waals surface area contributed by atoms with E-state index in [0.29, 0.717) is 25.2 Å². The minimum Gasteiger partial charge on any atom is -0.378 e. The number of fused-ring (bicyclic) bond motifs is 1. The molecule has 0 radical (unpaired) electrons. The van der Waals surface area contributed by atoms with E-state index in [1.54, 1.807) is 7.11 Å². The molecular weight excluding hydrogens is 354 g/mol. The molecule has 3 heterocycles. The van der Waals surface area contributed by atoms with E-state index in [0.717, 1.165) is 46.1 Å². The smallest absolute Gasteiger partial charge is 0.156 e. The second kappa shape index (κ2) is 6.81. The lowest BCUT2D eigenvalue weighted by Crippen LogP contribution is -2.24. The third-order valence-electron chi connectivity index (χ3n) is 5.27. The average Bonchev–Trinajstić information content (AvgIpc) is 3.30. The molecule has 0 saturated heterocycles. The zero-order valence-corrected chi connectivity index (χ0v) is 17.2. The number of Topliss-reactive ketones (excluding diaryl/α,β-unsaturated/α-hetero) is 1. The van der Waals surface area contributed by atoms with Gasteiger partial charge in [-0.05, 0) is 46.2 Å². The molecule has 4 rings (SSSR count). The molecular formula is C21H27N5O2. The number of nitrogens with zero attached hydrogens (tertiary/aromatic N) is 4. The van der Waals surface area contributed by atoms with Crippen LogP contribution in [0.3, 0.4) is 0 Å². The van der Waals surface area contributed by atoms with Crippen molar-refractivity contribution >= 4 is 16.8 Å². The maximum atomic E-state index is 11.8. The van der Waals surface area contributed by atoms with Gasteiger partial charge in [0.05, 0.1) is 40.3 Å². The van der Waals surface area contributed by atoms with Crippen LogP contribution in [-0.4, -0.2) is 37.6 Å². The Labute approximate surface area is 164 Å². The molecule has 28 heavy (non-hydrogen) atoms. The Morgan fingerprint density at radius 3 is 2.71 bits per heavy atom. The first kappa shape index (κ1) is 18.8. The van der Waals surface area contributed by atoms with Gasteiger partial charge >= 0.3 is 0 Å². The number of nitrogens with one attached hydrogen (secondary N) is 1. The highest BCUT2D eigenvalue weighted by Crippen LogP contribution is 2.35. The van der Waals surface area contributed by atoms with Crippen LogP contribution in [0.15, 0.2) is 12.1 Å². The van der Waals surface area contributed by atoms with Gasteiger partial charge in [0, 0.05) is 25.9 Å². The topological polar surface area (TPSA) is 85.7 Å². The third-order valence-corrected chi connectivity index (χ3v) is 5.27. The zero-order chi connectivity index (χ0) is 20.1. The lowest BCUT2D eigenvalue weighted by molar-refractivity contribution is -0.117. The number of rotatable bonds is 4. The number of aromatic amines is 1. The lowest BCUT2D eigenvalue weighted by Gasteiger charge is -2.21. The van der Waals surface area contributed by atoms with Crippen molar-refractivity contribution in [3.63, 3.8) is 0 Å². The Bertz CT molecular complexity index is 1040. The summed E-state index contributed by atoms with van der Waals surface area (Å²) in [6.45, 7) is 8.80. The Kier molecular flexibility index (Phi) is 4.57. The standard InChI is InChI=1S/C21H27N5O2/c1-12-19-17(9-14(22-12)11-28-5)23-20(24-19)18-10-16(13-6-7-15(27)8-13)25-26(18)21(2,3)4/h9-10,13H,6-8,11H2,1-5H3,(H,23,24). The largest absolute Gasteiger partial charge is 0.378 e. The van der Waals surface area contributed by atoms with Crippen molar-refractivity contribution in [1.82, 2.24) is 24.7 Å². The van der Waals surface area contributed by atoms with E-state index < -0.39 is 0 Å². The number of aromatic nitrogens is 5. The number of ether oxygens (including phenoxy) is 1. The monoisotopic (exact) mass is 381 g/mol. The fourth-order valence-corrected chi connectivity index (χ4v) is 3.92. The van der Waals surface area contributed by atoms with E-state index in [-0.39, 0.29) is 11.5 Å². The first-order valence-electron chi connectivity index (χ1n) is 9.74. The van der Waals surface area contributed by atoms with Crippen molar-refractivity contribution < 1.29 is 9.53 Å². The molecule has 3 aromatic heterocycles. The van der Waals surface area contributed by atoms with Gasteiger partial charge in [0.2, 0.25) is 0 Å². The van der Waals surface area contributed by atoms with Crippen LogP contribution in [0.2, 0.25) is 0 Å². The molecule has 0 aliphatic heterocycles. The molecule has 0 spiro atoms. The summed E-state index contributed by atoms with van der Waals surface area (Å²) in [5, 5.41) is 4.88. The molecule has 7 heteroatoms. The van der Waals surface area contributed by atoms with Gasteiger partial charge < -0.3 is 9.72 Å². The highest BCUT2D eigenvalue weighted by atomic mass is 16.5. The number of H-pyrrole nitrogens is 1. The van der Waals surface area contributed by atoms with Gasteiger partial charge in [-0.1, -0.05) is 0 Å². The summed E-state index contributed by atoms with van der Waals surface area (Å²) in [5.74, 6) is 1.30. The van der Waals surface area contributed by atoms with Crippen molar-refractivity contribution in [2.45, 2.75) is 65.0 Å². The number of methoxy groups -OCH3 is 1. The number of hydrogen-bond acceptors (Lipinski definition) is 5. The van der Waals surface area contributed by atoms with Crippen molar-refractivity contribution in [3.05, 3.63) is 29.2 Å². The highest BCUT2D eigenvalue weighted by Gasteiger charge is 2.29. The van der Waals surface area contributed by atoms with Crippen LogP contribution < -0.4 is 0 Å². The summed E-state index contributed by atoms with van der Waals surface area (Å²) in [6, 6.07) is 4.05. The molecule has 1 fully saturated rings. The molecule has 1 unspecified atom stereocenters. The first-order valence-corrected chi connectivity index (χ1v) is 9.74. The summed E-state index contributed by atoms with van der Waals surface area (Å²) in [6.07, 6.45) is 2.12. The van der Waals surface area contributed by atoms with E-state index in [4.69, 9.17) is 14.8 Å². The molecule has 3 aromatic rings. The van der Waals surface area contributed by atoms with E-state index in [2.05, 4.69) is 36.8 Å². The maximum absolute atomic E-state index is 11.8. The van der Waals surface area contributed by atoms with Gasteiger partial charge in [-0.2, -0.15) is 5.10 Å². The Balaban J connectivity index is 1.82. The minimum absolute atomic E-state index is 0.205. The summed E-state index contributed by atoms with van der Waals surface area (Å²) in [7, 11) is 1.66. The summed E-state index contributed by atoms with van der Waals surface area (Å²) in [4.78, 5) is 24.6. The summed E-state index contributed by atoms with van der Waals surface area (Å²) in [5.41, 5.74) is 5.26. The predicted molar refractivity (Wildman–Crippen MR) is 107 cm³/mol. The zero-order valence-electron chi connectivity index (χ0n) is 17.2. The van der Waals surface area contributed by atoms with Crippen molar-refractivity contribution in [1.29, 1.82) is 0 Å². The molecule has 0 amide bonds. The lowest BCUT2D eigenvalue weighted by atomic mass is 10.0. The molecule has 1 saturated carbocycles. The number of carbonyl (C=O) groups is 1. The molecule has 1 aliphatic carbocycles. The number of imidazole rings is 1. The Morgan fingerprint density at radius 1 is 1.29 bits per heavy atom. The van der Waals surface area contributed by atoms with Gasteiger partial charge in [0.15, 0.2) is 5.82 Å². The quantitative estimate of drug-likeness (QED) is 0.741. The predicted octanol–water partition coefficient (Wildman–Crippen LogP) is 3.87. The number of aryl methyl sites for hydroxylation is 1. The van der Waals surface area contributed by atoms with Crippen molar-refractivity contribution in [2.75, 3.05) is 7.11 Å². The second-order valence-corrected chi connectivity index (χ2v) is 8.63.